The fourth-order valence-electron chi connectivity index (χ4n) is 4.39. The molecule has 2 heterocycles. The lowest BCUT2D eigenvalue weighted by Crippen LogP contribution is -2.56. The van der Waals surface area contributed by atoms with Crippen LogP contribution in [0.25, 0.3) is 10.9 Å². The zero-order valence-corrected chi connectivity index (χ0v) is 22.6. The second-order valence-corrected chi connectivity index (χ2v) is 9.47. The van der Waals surface area contributed by atoms with Crippen LogP contribution in [-0.2, 0) is 21.0 Å². The van der Waals surface area contributed by atoms with Gasteiger partial charge in [0.1, 0.15) is 12.4 Å². The predicted octanol–water partition coefficient (Wildman–Crippen LogP) is 3.23. The number of piperidine rings is 1. The first-order valence-electron chi connectivity index (χ1n) is 12.7. The molecular formula is C28H29F3N4O7. The molecule has 1 aliphatic heterocycles. The van der Waals surface area contributed by atoms with Crippen molar-refractivity contribution in [1.82, 2.24) is 20.7 Å². The Hall–Kier alpha value is -4.72. The number of ether oxygens (including phenoxy) is 1. The molecule has 0 unspecified atom stereocenters. The summed E-state index contributed by atoms with van der Waals surface area (Å²) in [5.74, 6) is -4.02. The average molecular weight is 591 g/mol. The van der Waals surface area contributed by atoms with Crippen LogP contribution in [0.2, 0.25) is 0 Å². The van der Waals surface area contributed by atoms with Crippen LogP contribution in [0.4, 0.5) is 13.2 Å². The van der Waals surface area contributed by atoms with E-state index < -0.39 is 30.0 Å². The Bertz CT molecular complexity index is 1450. The fraction of sp³-hybridized carbons (Fsp3) is 0.321. The molecule has 0 bridgehead atoms. The van der Waals surface area contributed by atoms with Gasteiger partial charge in [0.2, 0.25) is 11.8 Å². The molecule has 3 aromatic rings. The van der Waals surface area contributed by atoms with E-state index in [2.05, 4.69) is 10.3 Å². The number of fused-ring (bicyclic) bond motifs is 1. The van der Waals surface area contributed by atoms with E-state index >= 15 is 0 Å². The molecule has 1 aromatic heterocycles. The molecule has 0 spiro atoms. The van der Waals surface area contributed by atoms with Crippen LogP contribution in [0.15, 0.2) is 54.6 Å². The number of aryl methyl sites for hydroxylation is 1. The Kier molecular flexibility index (Phi) is 10.4. The first-order chi connectivity index (χ1) is 19.8. The number of aromatic nitrogens is 1. The number of alkyl halides is 3. The highest BCUT2D eigenvalue weighted by atomic mass is 19.4. The van der Waals surface area contributed by atoms with Crippen molar-refractivity contribution in [3.05, 3.63) is 71.4 Å². The van der Waals surface area contributed by atoms with Gasteiger partial charge >= 0.3 is 12.1 Å². The van der Waals surface area contributed by atoms with Gasteiger partial charge in [0.05, 0.1) is 11.4 Å². The molecule has 3 amide bonds. The number of amides is 3. The van der Waals surface area contributed by atoms with Gasteiger partial charge in [-0.15, -0.1) is 0 Å². The lowest BCUT2D eigenvalue weighted by atomic mass is 9.91. The van der Waals surface area contributed by atoms with Gasteiger partial charge in [-0.3, -0.25) is 24.6 Å². The molecule has 0 aliphatic carbocycles. The lowest BCUT2D eigenvalue weighted by Gasteiger charge is -2.37. The summed E-state index contributed by atoms with van der Waals surface area (Å²) in [7, 11) is 0. The number of hydrogen-bond donors (Lipinski definition) is 4. The maximum absolute atomic E-state index is 12.8. The van der Waals surface area contributed by atoms with Crippen LogP contribution >= 0.6 is 0 Å². The van der Waals surface area contributed by atoms with Crippen LogP contribution in [-0.4, -0.2) is 69.2 Å². The molecule has 1 saturated heterocycles. The van der Waals surface area contributed by atoms with Crippen LogP contribution in [0.1, 0.15) is 35.0 Å². The first kappa shape index (κ1) is 31.8. The zero-order chi connectivity index (χ0) is 31.0. The Morgan fingerprint density at radius 2 is 1.74 bits per heavy atom. The van der Waals surface area contributed by atoms with Gasteiger partial charge in [-0.1, -0.05) is 18.2 Å². The first-order valence-corrected chi connectivity index (χ1v) is 12.7. The molecule has 0 saturated carbocycles. The molecule has 2 atom stereocenters. The molecule has 2 aromatic carbocycles. The molecule has 4 N–H and O–H groups in total. The number of halogens is 3. The highest BCUT2D eigenvalue weighted by molar-refractivity contribution is 5.95. The molecule has 224 valence electrons. The van der Waals surface area contributed by atoms with Gasteiger partial charge in [-0.2, -0.15) is 13.2 Å². The van der Waals surface area contributed by atoms with Crippen molar-refractivity contribution in [2.45, 2.75) is 39.1 Å². The molecule has 4 rings (SSSR count). The maximum Gasteiger partial charge on any atom is 0.490 e. The summed E-state index contributed by atoms with van der Waals surface area (Å²) in [6.07, 6.45) is -4.68. The minimum Gasteiger partial charge on any atom is -0.489 e. The average Bonchev–Trinajstić information content (AvgIpc) is 2.95. The maximum atomic E-state index is 12.8. The topological polar surface area (TPSA) is 158 Å². The number of carboxylic acid groups (broad SMARTS) is 1. The summed E-state index contributed by atoms with van der Waals surface area (Å²) in [5, 5.41) is 20.1. The molecule has 14 heteroatoms. The smallest absolute Gasteiger partial charge is 0.489 e. The van der Waals surface area contributed by atoms with Crippen LogP contribution in [0.5, 0.6) is 5.75 Å². The number of likely N-dealkylation sites (tertiary alicyclic amines) is 1. The van der Waals surface area contributed by atoms with E-state index in [0.717, 1.165) is 22.2 Å². The van der Waals surface area contributed by atoms with Gasteiger partial charge in [0.25, 0.3) is 5.91 Å². The van der Waals surface area contributed by atoms with E-state index in [1.807, 2.05) is 37.3 Å². The number of hydroxylamine groups is 1. The second-order valence-electron chi connectivity index (χ2n) is 9.47. The zero-order valence-electron chi connectivity index (χ0n) is 22.6. The van der Waals surface area contributed by atoms with Crippen molar-refractivity contribution < 1.29 is 47.4 Å². The molecular weight excluding hydrogens is 561 g/mol. The predicted molar refractivity (Wildman–Crippen MR) is 142 cm³/mol. The number of aliphatic carboxylic acids is 1. The summed E-state index contributed by atoms with van der Waals surface area (Å²) in [5.41, 5.74) is 4.91. The molecule has 1 fully saturated rings. The third-order valence-corrected chi connectivity index (χ3v) is 6.50. The Balaban J connectivity index is 0.000000616. The van der Waals surface area contributed by atoms with E-state index in [-0.39, 0.29) is 18.4 Å². The number of para-hydroxylation sites is 1. The van der Waals surface area contributed by atoms with Crippen molar-refractivity contribution in [1.29, 1.82) is 0 Å². The number of carboxylic acids is 1. The van der Waals surface area contributed by atoms with Gasteiger partial charge in [-0.05, 0) is 49.7 Å². The van der Waals surface area contributed by atoms with Crippen molar-refractivity contribution >= 4 is 34.6 Å². The van der Waals surface area contributed by atoms with E-state index in [4.69, 9.17) is 19.8 Å². The number of pyridine rings is 1. The number of nitrogens with one attached hydrogen (secondary N) is 2. The number of rotatable bonds is 6. The number of carbonyl (C=O) groups is 4. The second kappa shape index (κ2) is 13.8. The third-order valence-electron chi connectivity index (χ3n) is 6.50. The normalized spacial score (nSPS) is 16.6. The van der Waals surface area contributed by atoms with Crippen molar-refractivity contribution in [3.8, 4) is 5.75 Å². The van der Waals surface area contributed by atoms with Crippen LogP contribution < -0.4 is 15.5 Å². The van der Waals surface area contributed by atoms with E-state index in [1.54, 1.807) is 29.7 Å². The number of hydrogen-bond acceptors (Lipinski definition) is 7. The van der Waals surface area contributed by atoms with E-state index in [9.17, 15) is 27.6 Å². The molecule has 0 radical (unpaired) electrons. The van der Waals surface area contributed by atoms with Crippen molar-refractivity contribution in [3.63, 3.8) is 0 Å². The standard InChI is InChI=1S/C26H28N4O5.C2HF3O2/c1-16-13-19(21-5-3-4-6-23(21)27-16)15-35-20-9-7-18(8-10-20)25(32)28-24-11-12-30(17(2)31)14-22(24)26(33)29-34;3-2(4,5)1(6)7/h3-10,13,22,24,34H,11-12,14-15H2,1-2H3,(H,28,32)(H,29,33);(H,6,7)/t22-,24+;/m0./s1. The Morgan fingerprint density at radius 3 is 2.33 bits per heavy atom. The minimum absolute atomic E-state index is 0.128. The summed E-state index contributed by atoms with van der Waals surface area (Å²) in [6.45, 7) is 4.28. The number of benzene rings is 2. The quantitative estimate of drug-likeness (QED) is 0.252. The van der Waals surface area contributed by atoms with Gasteiger partial charge in [0.15, 0.2) is 0 Å². The van der Waals surface area contributed by atoms with Gasteiger partial charge in [0, 0.05) is 48.3 Å². The lowest BCUT2D eigenvalue weighted by molar-refractivity contribution is -0.192. The SMILES string of the molecule is CC(=O)N1CC[C@@H](NC(=O)c2ccc(OCc3cc(C)nc4ccccc34)cc2)[C@@H](C(=O)NO)C1.O=C(O)C(F)(F)F. The fourth-order valence-corrected chi connectivity index (χ4v) is 4.39. The Morgan fingerprint density at radius 1 is 1.10 bits per heavy atom. The highest BCUT2D eigenvalue weighted by Crippen LogP contribution is 2.22. The largest absolute Gasteiger partial charge is 0.490 e. The summed E-state index contributed by atoms with van der Waals surface area (Å²) in [6, 6.07) is 16.2. The number of nitrogens with zero attached hydrogens (tertiary/aromatic N) is 2. The van der Waals surface area contributed by atoms with E-state index in [1.165, 1.54) is 11.8 Å². The summed E-state index contributed by atoms with van der Waals surface area (Å²) in [4.78, 5) is 51.6. The molecule has 11 nitrogen and oxygen atoms in total. The molecule has 42 heavy (non-hydrogen) atoms. The van der Waals surface area contributed by atoms with E-state index in [0.29, 0.717) is 30.9 Å². The molecule has 1 aliphatic rings. The summed E-state index contributed by atoms with van der Waals surface area (Å²) < 4.78 is 37.7. The minimum atomic E-state index is -5.08. The highest BCUT2D eigenvalue weighted by Gasteiger charge is 2.38. The van der Waals surface area contributed by atoms with Gasteiger partial charge in [-0.25, -0.2) is 10.3 Å². The van der Waals surface area contributed by atoms with Crippen LogP contribution in [0, 0.1) is 12.8 Å². The monoisotopic (exact) mass is 590 g/mol. The van der Waals surface area contributed by atoms with Crippen molar-refractivity contribution in [2.75, 3.05) is 13.1 Å². The van der Waals surface area contributed by atoms with Crippen molar-refractivity contribution in [2.24, 2.45) is 5.92 Å². The van der Waals surface area contributed by atoms with Crippen LogP contribution in [0.3, 0.4) is 0 Å². The number of carbonyl (C=O) groups excluding carboxylic acids is 3. The summed E-state index contributed by atoms with van der Waals surface area (Å²) >= 11 is 0. The third kappa shape index (κ3) is 8.39. The Labute approximate surface area is 238 Å². The van der Waals surface area contributed by atoms with Gasteiger partial charge < -0.3 is 20.1 Å².